The maximum Gasteiger partial charge on any atom is 0.329 e. The van der Waals surface area contributed by atoms with Gasteiger partial charge in [0.25, 0.3) is 0 Å². The second-order valence-electron chi connectivity index (χ2n) is 5.80. The maximum atomic E-state index is 11.7. The predicted molar refractivity (Wildman–Crippen MR) is 112 cm³/mol. The van der Waals surface area contributed by atoms with Gasteiger partial charge in [-0.15, -0.1) is 6.58 Å². The van der Waals surface area contributed by atoms with Gasteiger partial charge < -0.3 is 10.6 Å². The van der Waals surface area contributed by atoms with E-state index in [1.165, 1.54) is 17.9 Å². The summed E-state index contributed by atoms with van der Waals surface area (Å²) in [7, 11) is 0. The number of carbonyl (C=O) groups excluding carboxylic acids is 2. The van der Waals surface area contributed by atoms with Crippen LogP contribution < -0.4 is 16.1 Å². The van der Waals surface area contributed by atoms with E-state index in [1.54, 1.807) is 0 Å². The van der Waals surface area contributed by atoms with E-state index in [9.17, 15) is 9.59 Å². The molecule has 7 heteroatoms. The summed E-state index contributed by atoms with van der Waals surface area (Å²) in [6, 6.07) is 11.7. The number of hydrogen-bond acceptors (Lipinski definition) is 4. The monoisotopic (exact) mass is 428 g/mol. The number of amides is 2. The predicted octanol–water partition coefficient (Wildman–Crippen LogP) is 3.56. The number of hydrogen-bond donors (Lipinski definition) is 3. The Balaban J connectivity index is 2.16. The molecule has 140 valence electrons. The van der Waals surface area contributed by atoms with Crippen LogP contribution in [-0.2, 0) is 9.59 Å². The molecule has 0 unspecified atom stereocenters. The van der Waals surface area contributed by atoms with Gasteiger partial charge in [-0.2, -0.15) is 5.10 Å². The number of carbonyl (C=O) groups is 2. The average Bonchev–Trinajstić information content (AvgIpc) is 2.65. The molecule has 0 heterocycles. The Morgan fingerprint density at radius 2 is 1.93 bits per heavy atom. The van der Waals surface area contributed by atoms with Gasteiger partial charge >= 0.3 is 11.8 Å². The molecule has 0 atom stereocenters. The first-order valence-corrected chi connectivity index (χ1v) is 9.06. The summed E-state index contributed by atoms with van der Waals surface area (Å²) < 4.78 is 0.866. The number of halogens is 1. The lowest BCUT2D eigenvalue weighted by Gasteiger charge is -2.13. The van der Waals surface area contributed by atoms with Crippen LogP contribution in [0, 0.1) is 13.8 Å². The van der Waals surface area contributed by atoms with Crippen LogP contribution >= 0.6 is 15.9 Å². The van der Waals surface area contributed by atoms with Crippen molar-refractivity contribution in [3.8, 4) is 0 Å². The second-order valence-corrected chi connectivity index (χ2v) is 6.72. The second kappa shape index (κ2) is 9.68. The zero-order chi connectivity index (χ0) is 19.8. The number of rotatable bonds is 6. The first-order valence-electron chi connectivity index (χ1n) is 8.27. The van der Waals surface area contributed by atoms with Gasteiger partial charge in [-0.3, -0.25) is 9.59 Å². The molecule has 2 amide bonds. The van der Waals surface area contributed by atoms with Crippen LogP contribution in [0.5, 0.6) is 0 Å². The Bertz CT molecular complexity index is 894. The average molecular weight is 429 g/mol. The first-order chi connectivity index (χ1) is 12.9. The van der Waals surface area contributed by atoms with Crippen molar-refractivity contribution in [1.82, 2.24) is 10.7 Å². The molecular formula is C20H21BrN4O2. The topological polar surface area (TPSA) is 82.6 Å². The lowest BCUT2D eigenvalue weighted by atomic mass is 10.1. The third-order valence-corrected chi connectivity index (χ3v) is 4.36. The van der Waals surface area contributed by atoms with Gasteiger partial charge in [0.1, 0.15) is 0 Å². The zero-order valence-corrected chi connectivity index (χ0v) is 16.8. The highest BCUT2D eigenvalue weighted by molar-refractivity contribution is 9.10. The van der Waals surface area contributed by atoms with Crippen LogP contribution in [0.25, 0.3) is 0 Å². The Kier molecular flexibility index (Phi) is 7.31. The van der Waals surface area contributed by atoms with E-state index in [0.29, 0.717) is 0 Å². The molecule has 3 N–H and O–H groups in total. The normalized spacial score (nSPS) is 10.5. The highest BCUT2D eigenvalue weighted by Crippen LogP contribution is 2.26. The fourth-order valence-electron chi connectivity index (χ4n) is 2.24. The molecule has 6 nitrogen and oxygen atoms in total. The lowest BCUT2D eigenvalue weighted by molar-refractivity contribution is -0.139. The van der Waals surface area contributed by atoms with E-state index >= 15 is 0 Å². The highest BCUT2D eigenvalue weighted by Gasteiger charge is 2.11. The Hall–Kier alpha value is -2.93. The molecule has 0 aromatic heterocycles. The van der Waals surface area contributed by atoms with Crippen molar-refractivity contribution in [2.75, 3.05) is 11.9 Å². The number of hydrazone groups is 1. The third-order valence-electron chi connectivity index (χ3n) is 3.87. The number of aryl methyl sites for hydroxylation is 1. The van der Waals surface area contributed by atoms with Crippen LogP contribution in [0.4, 0.5) is 11.4 Å². The van der Waals surface area contributed by atoms with Crippen molar-refractivity contribution in [3.63, 3.8) is 0 Å². The minimum absolute atomic E-state index is 0.214. The molecule has 0 aliphatic carbocycles. The van der Waals surface area contributed by atoms with Gasteiger partial charge in [0, 0.05) is 28.0 Å². The summed E-state index contributed by atoms with van der Waals surface area (Å²) in [5.74, 6) is -1.61. The van der Waals surface area contributed by atoms with E-state index in [-0.39, 0.29) is 6.54 Å². The number of benzene rings is 2. The van der Waals surface area contributed by atoms with Crippen molar-refractivity contribution >= 4 is 45.3 Å². The van der Waals surface area contributed by atoms with Crippen LogP contribution in [-0.4, -0.2) is 24.6 Å². The third kappa shape index (κ3) is 5.79. The molecule has 2 aromatic carbocycles. The molecule has 2 aromatic rings. The molecular weight excluding hydrogens is 408 g/mol. The van der Waals surface area contributed by atoms with Crippen molar-refractivity contribution in [2.24, 2.45) is 5.10 Å². The van der Waals surface area contributed by atoms with E-state index in [4.69, 9.17) is 0 Å². The fourth-order valence-corrected chi connectivity index (χ4v) is 2.62. The smallest absolute Gasteiger partial charge is 0.329 e. The highest BCUT2D eigenvalue weighted by atomic mass is 79.9. The lowest BCUT2D eigenvalue weighted by Crippen LogP contribution is -2.37. The molecule has 0 aliphatic heterocycles. The van der Waals surface area contributed by atoms with Crippen molar-refractivity contribution in [2.45, 2.75) is 13.8 Å². The van der Waals surface area contributed by atoms with E-state index < -0.39 is 11.8 Å². The van der Waals surface area contributed by atoms with E-state index in [2.05, 4.69) is 56.7 Å². The van der Waals surface area contributed by atoms with Gasteiger partial charge in [-0.05, 0) is 49.2 Å². The fraction of sp³-hybridized carbons (Fsp3) is 0.150. The molecule has 27 heavy (non-hydrogen) atoms. The first kappa shape index (κ1) is 20.4. The van der Waals surface area contributed by atoms with Crippen molar-refractivity contribution in [1.29, 1.82) is 0 Å². The number of anilines is 2. The van der Waals surface area contributed by atoms with Crippen LogP contribution in [0.2, 0.25) is 0 Å². The van der Waals surface area contributed by atoms with Gasteiger partial charge in [-0.25, -0.2) is 5.43 Å². The summed E-state index contributed by atoms with van der Waals surface area (Å²) in [5, 5.41) is 9.65. The summed E-state index contributed by atoms with van der Waals surface area (Å²) in [6.07, 6.45) is 2.97. The SMILES string of the molecule is C=CCNC(=O)C(=O)N/N=C\c1cc(Br)ccc1Nc1cccc(C)c1C. The van der Waals surface area contributed by atoms with Crippen LogP contribution in [0.15, 0.2) is 58.6 Å². The molecule has 0 fully saturated rings. The Morgan fingerprint density at radius 1 is 1.15 bits per heavy atom. The van der Waals surface area contributed by atoms with Gasteiger partial charge in [0.15, 0.2) is 0 Å². The van der Waals surface area contributed by atoms with E-state index in [0.717, 1.165) is 27.0 Å². The maximum absolute atomic E-state index is 11.7. The molecule has 0 saturated heterocycles. The van der Waals surface area contributed by atoms with Gasteiger partial charge in [0.05, 0.1) is 6.21 Å². The largest absolute Gasteiger partial charge is 0.355 e. The van der Waals surface area contributed by atoms with Crippen LogP contribution in [0.3, 0.4) is 0 Å². The Morgan fingerprint density at radius 3 is 2.67 bits per heavy atom. The number of nitrogens with zero attached hydrogens (tertiary/aromatic N) is 1. The van der Waals surface area contributed by atoms with Crippen molar-refractivity contribution < 1.29 is 9.59 Å². The number of nitrogens with one attached hydrogen (secondary N) is 3. The zero-order valence-electron chi connectivity index (χ0n) is 15.2. The molecule has 0 saturated carbocycles. The minimum Gasteiger partial charge on any atom is -0.355 e. The van der Waals surface area contributed by atoms with Crippen molar-refractivity contribution in [3.05, 3.63) is 70.2 Å². The summed E-state index contributed by atoms with van der Waals surface area (Å²) in [5.41, 5.74) is 7.10. The summed E-state index contributed by atoms with van der Waals surface area (Å²) in [4.78, 5) is 23.2. The molecule has 2 rings (SSSR count). The van der Waals surface area contributed by atoms with Gasteiger partial charge in [0.2, 0.25) is 0 Å². The summed E-state index contributed by atoms with van der Waals surface area (Å²) >= 11 is 3.43. The molecule has 0 aliphatic rings. The quantitative estimate of drug-likeness (QED) is 0.284. The van der Waals surface area contributed by atoms with Crippen LogP contribution in [0.1, 0.15) is 16.7 Å². The summed E-state index contributed by atoms with van der Waals surface area (Å²) in [6.45, 7) is 7.78. The van der Waals surface area contributed by atoms with E-state index in [1.807, 2.05) is 37.3 Å². The molecule has 0 bridgehead atoms. The molecule has 0 spiro atoms. The molecule has 0 radical (unpaired) electrons. The Labute approximate surface area is 166 Å². The van der Waals surface area contributed by atoms with Gasteiger partial charge in [-0.1, -0.05) is 34.1 Å². The standard InChI is InChI=1S/C20H21BrN4O2/c1-4-10-22-19(26)20(27)25-23-12-15-11-16(21)8-9-18(15)24-17-7-5-6-13(2)14(17)3/h4-9,11-12,24H,1,10H2,2-3H3,(H,22,26)(H,25,27)/b23-12-. The minimum atomic E-state index is -0.841.